The van der Waals surface area contributed by atoms with Gasteiger partial charge in [0.05, 0.1) is 12.3 Å². The van der Waals surface area contributed by atoms with Crippen molar-refractivity contribution in [1.82, 2.24) is 9.88 Å². The molecule has 4 nitrogen and oxygen atoms in total. The van der Waals surface area contributed by atoms with Gasteiger partial charge >= 0.3 is 0 Å². The summed E-state index contributed by atoms with van der Waals surface area (Å²) in [5.74, 6) is 0.639. The van der Waals surface area contributed by atoms with Crippen molar-refractivity contribution in [2.45, 2.75) is 26.9 Å². The summed E-state index contributed by atoms with van der Waals surface area (Å²) in [4.78, 5) is 6.72. The van der Waals surface area contributed by atoms with E-state index in [2.05, 4.69) is 29.8 Å². The first-order valence-corrected chi connectivity index (χ1v) is 6.51. The average Bonchev–Trinajstić information content (AvgIpc) is 2.36. The second-order valence-electron chi connectivity index (χ2n) is 4.94. The van der Waals surface area contributed by atoms with Crippen molar-refractivity contribution in [3.63, 3.8) is 0 Å². The molecule has 0 saturated heterocycles. The fourth-order valence-corrected chi connectivity index (χ4v) is 2.01. The third kappa shape index (κ3) is 5.12. The minimum Gasteiger partial charge on any atom is -0.383 e. The highest BCUT2D eigenvalue weighted by molar-refractivity contribution is 5.19. The molecule has 0 unspecified atom stereocenters. The lowest BCUT2D eigenvalue weighted by atomic mass is 10.1. The number of hydrogen-bond donors (Lipinski definition) is 1. The third-order valence-electron chi connectivity index (χ3n) is 2.81. The van der Waals surface area contributed by atoms with Gasteiger partial charge in [0, 0.05) is 39.5 Å². The summed E-state index contributed by atoms with van der Waals surface area (Å²) in [5.41, 5.74) is 7.93. The number of nitrogens with zero attached hydrogens (tertiary/aromatic N) is 2. The van der Waals surface area contributed by atoms with Gasteiger partial charge in [-0.1, -0.05) is 19.9 Å². The number of methoxy groups -OCH3 is 1. The zero-order valence-corrected chi connectivity index (χ0v) is 11.7. The fraction of sp³-hybridized carbons (Fsp3) is 0.643. The Bertz CT molecular complexity index is 342. The maximum atomic E-state index is 5.72. The lowest BCUT2D eigenvalue weighted by Crippen LogP contribution is -2.31. The summed E-state index contributed by atoms with van der Waals surface area (Å²) in [6, 6.07) is 4.08. The molecule has 2 N–H and O–H groups in total. The average molecular weight is 251 g/mol. The van der Waals surface area contributed by atoms with Crippen molar-refractivity contribution in [2.75, 3.05) is 26.8 Å². The monoisotopic (exact) mass is 251 g/mol. The van der Waals surface area contributed by atoms with E-state index in [1.165, 1.54) is 5.56 Å². The number of aromatic nitrogens is 1. The van der Waals surface area contributed by atoms with Gasteiger partial charge in [-0.2, -0.15) is 0 Å². The van der Waals surface area contributed by atoms with E-state index in [1.807, 2.05) is 6.07 Å². The van der Waals surface area contributed by atoms with Gasteiger partial charge in [-0.3, -0.25) is 9.88 Å². The van der Waals surface area contributed by atoms with E-state index < -0.39 is 0 Å². The minimum atomic E-state index is 0.496. The Hall–Kier alpha value is -0.970. The molecule has 1 heterocycles. The van der Waals surface area contributed by atoms with Gasteiger partial charge in [0.25, 0.3) is 0 Å². The molecule has 0 atom stereocenters. The van der Waals surface area contributed by atoms with Gasteiger partial charge in [-0.05, 0) is 17.5 Å². The van der Waals surface area contributed by atoms with Gasteiger partial charge in [0.1, 0.15) is 0 Å². The highest BCUT2D eigenvalue weighted by atomic mass is 16.5. The Morgan fingerprint density at radius 2 is 2.22 bits per heavy atom. The molecule has 18 heavy (non-hydrogen) atoms. The lowest BCUT2D eigenvalue weighted by Gasteiger charge is -2.24. The van der Waals surface area contributed by atoms with Crippen LogP contribution in [0.1, 0.15) is 25.1 Å². The van der Waals surface area contributed by atoms with Crippen molar-refractivity contribution in [3.05, 3.63) is 29.6 Å². The molecule has 1 aromatic rings. The number of ether oxygens (including phenoxy) is 1. The summed E-state index contributed by atoms with van der Waals surface area (Å²) >= 11 is 0. The van der Waals surface area contributed by atoms with E-state index in [0.717, 1.165) is 31.9 Å². The van der Waals surface area contributed by atoms with E-state index in [0.29, 0.717) is 12.5 Å². The highest BCUT2D eigenvalue weighted by Crippen LogP contribution is 2.10. The Morgan fingerprint density at radius 1 is 1.44 bits per heavy atom. The topological polar surface area (TPSA) is 51.4 Å². The molecule has 0 aliphatic rings. The van der Waals surface area contributed by atoms with Gasteiger partial charge in [-0.25, -0.2) is 0 Å². The van der Waals surface area contributed by atoms with Crippen molar-refractivity contribution >= 4 is 0 Å². The molecule has 0 amide bonds. The zero-order chi connectivity index (χ0) is 13.4. The number of rotatable bonds is 8. The van der Waals surface area contributed by atoms with Crippen molar-refractivity contribution in [2.24, 2.45) is 11.7 Å². The van der Waals surface area contributed by atoms with E-state index in [4.69, 9.17) is 10.5 Å². The van der Waals surface area contributed by atoms with Gasteiger partial charge in [0.2, 0.25) is 0 Å². The summed E-state index contributed by atoms with van der Waals surface area (Å²) in [6.07, 6.45) is 1.80. The Labute approximate surface area is 110 Å². The maximum absolute atomic E-state index is 5.72. The molecule has 0 fully saturated rings. The van der Waals surface area contributed by atoms with Crippen LogP contribution in [-0.4, -0.2) is 36.7 Å². The van der Waals surface area contributed by atoms with Crippen LogP contribution < -0.4 is 5.73 Å². The Kier molecular flexibility index (Phi) is 6.86. The van der Waals surface area contributed by atoms with E-state index in [1.54, 1.807) is 13.3 Å². The van der Waals surface area contributed by atoms with Crippen LogP contribution in [0.15, 0.2) is 18.3 Å². The molecule has 0 bridgehead atoms. The van der Waals surface area contributed by atoms with Gasteiger partial charge in [-0.15, -0.1) is 0 Å². The fourth-order valence-electron chi connectivity index (χ4n) is 2.01. The number of nitrogens with two attached hydrogens (primary N) is 1. The van der Waals surface area contributed by atoms with Crippen LogP contribution in [0.5, 0.6) is 0 Å². The van der Waals surface area contributed by atoms with Gasteiger partial charge in [0.15, 0.2) is 0 Å². The van der Waals surface area contributed by atoms with Crippen LogP contribution in [0.4, 0.5) is 0 Å². The predicted molar refractivity (Wildman–Crippen MR) is 74.1 cm³/mol. The summed E-state index contributed by atoms with van der Waals surface area (Å²) < 4.78 is 5.17. The molecule has 0 radical (unpaired) electrons. The molecule has 4 heteroatoms. The summed E-state index contributed by atoms with van der Waals surface area (Å²) in [6.45, 7) is 8.60. The number of pyridine rings is 1. The van der Waals surface area contributed by atoms with Crippen LogP contribution in [0, 0.1) is 5.92 Å². The smallest absolute Gasteiger partial charge is 0.0589 e. The predicted octanol–water partition coefficient (Wildman–Crippen LogP) is 1.64. The van der Waals surface area contributed by atoms with Crippen LogP contribution in [0.3, 0.4) is 0 Å². The normalized spacial score (nSPS) is 11.4. The summed E-state index contributed by atoms with van der Waals surface area (Å²) in [5, 5.41) is 0. The standard InChI is InChI=1S/C14H25N3O/c1-12(2)10-17(7-8-18-3)11-13-5-4-6-16-14(13)9-15/h4-6,12H,7-11,15H2,1-3H3. The largest absolute Gasteiger partial charge is 0.383 e. The van der Waals surface area contributed by atoms with E-state index in [9.17, 15) is 0 Å². The molecule has 102 valence electrons. The van der Waals surface area contributed by atoms with E-state index in [-0.39, 0.29) is 0 Å². The van der Waals surface area contributed by atoms with Crippen molar-refractivity contribution in [1.29, 1.82) is 0 Å². The van der Waals surface area contributed by atoms with Crippen molar-refractivity contribution in [3.8, 4) is 0 Å². The molecule has 0 spiro atoms. The Morgan fingerprint density at radius 3 is 2.83 bits per heavy atom. The summed E-state index contributed by atoms with van der Waals surface area (Å²) in [7, 11) is 1.74. The highest BCUT2D eigenvalue weighted by Gasteiger charge is 2.10. The molecule has 0 aliphatic carbocycles. The number of hydrogen-bond acceptors (Lipinski definition) is 4. The quantitative estimate of drug-likeness (QED) is 0.763. The molecule has 1 aromatic heterocycles. The lowest BCUT2D eigenvalue weighted by molar-refractivity contribution is 0.136. The first-order chi connectivity index (χ1) is 8.67. The molecule has 1 rings (SSSR count). The Balaban J connectivity index is 2.68. The van der Waals surface area contributed by atoms with Crippen molar-refractivity contribution < 1.29 is 4.74 Å². The molecular weight excluding hydrogens is 226 g/mol. The molecule has 0 aromatic carbocycles. The second kappa shape index (κ2) is 8.19. The minimum absolute atomic E-state index is 0.496. The third-order valence-corrected chi connectivity index (χ3v) is 2.81. The van der Waals surface area contributed by atoms with E-state index >= 15 is 0 Å². The second-order valence-corrected chi connectivity index (χ2v) is 4.94. The SMILES string of the molecule is COCCN(Cc1cccnc1CN)CC(C)C. The first-order valence-electron chi connectivity index (χ1n) is 6.51. The maximum Gasteiger partial charge on any atom is 0.0589 e. The first kappa shape index (κ1) is 15.1. The molecular formula is C14H25N3O. The van der Waals surface area contributed by atoms with Crippen LogP contribution in [0.2, 0.25) is 0 Å². The molecule has 0 saturated carbocycles. The van der Waals surface area contributed by atoms with Crippen LogP contribution in [-0.2, 0) is 17.8 Å². The van der Waals surface area contributed by atoms with Crippen LogP contribution in [0.25, 0.3) is 0 Å². The molecule has 0 aliphatic heterocycles. The van der Waals surface area contributed by atoms with Gasteiger partial charge < -0.3 is 10.5 Å². The zero-order valence-electron chi connectivity index (χ0n) is 11.7. The van der Waals surface area contributed by atoms with Crippen LogP contribution >= 0.6 is 0 Å².